The van der Waals surface area contributed by atoms with Gasteiger partial charge in [-0.25, -0.2) is 0 Å². The molecular weight excluding hydrogens is 338 g/mol. The molecule has 0 radical (unpaired) electrons. The summed E-state index contributed by atoms with van der Waals surface area (Å²) in [5, 5.41) is 3.23. The first-order valence-corrected chi connectivity index (χ1v) is 12.9. The van der Waals surface area contributed by atoms with Crippen molar-refractivity contribution < 1.29 is 9.22 Å². The van der Waals surface area contributed by atoms with Crippen LogP contribution in [-0.2, 0) is 11.3 Å². The maximum absolute atomic E-state index is 12.0. The summed E-state index contributed by atoms with van der Waals surface area (Å²) in [6, 6.07) is 4.29. The molecule has 0 atom stereocenters. The van der Waals surface area contributed by atoms with E-state index in [0.717, 1.165) is 35.3 Å². The summed E-state index contributed by atoms with van der Waals surface area (Å²) < 4.78 is 6.54. The summed E-state index contributed by atoms with van der Waals surface area (Å²) in [6.07, 6.45) is 5.16. The lowest BCUT2D eigenvalue weighted by Crippen LogP contribution is -2.44. The van der Waals surface area contributed by atoms with Gasteiger partial charge in [-0.2, -0.15) is 0 Å². The van der Waals surface area contributed by atoms with E-state index in [9.17, 15) is 4.79 Å². The fourth-order valence-electron chi connectivity index (χ4n) is 2.71. The SMILES string of the molecule is CCCCCCC(=O)NCc1cc(C)c(O[Si](C)(C)C(C)(C)C)c(C)c1. The number of rotatable bonds is 9. The molecule has 0 heterocycles. The monoisotopic (exact) mass is 377 g/mol. The number of aryl methyl sites for hydroxylation is 2. The van der Waals surface area contributed by atoms with Crippen molar-refractivity contribution in [3.8, 4) is 5.75 Å². The number of carbonyl (C=O) groups is 1. The Morgan fingerprint density at radius 2 is 1.65 bits per heavy atom. The van der Waals surface area contributed by atoms with E-state index in [0.29, 0.717) is 13.0 Å². The van der Waals surface area contributed by atoms with E-state index < -0.39 is 8.32 Å². The molecule has 0 spiro atoms. The minimum absolute atomic E-state index is 0.151. The first-order chi connectivity index (χ1) is 12.0. The Kier molecular flexibility index (Phi) is 8.39. The second kappa shape index (κ2) is 9.59. The highest BCUT2D eigenvalue weighted by Crippen LogP contribution is 2.39. The van der Waals surface area contributed by atoms with Gasteiger partial charge in [0.15, 0.2) is 0 Å². The number of benzene rings is 1. The van der Waals surface area contributed by atoms with Crippen LogP contribution >= 0.6 is 0 Å². The summed E-state index contributed by atoms with van der Waals surface area (Å²) in [4.78, 5) is 12.0. The van der Waals surface area contributed by atoms with Crippen LogP contribution in [-0.4, -0.2) is 14.2 Å². The lowest BCUT2D eigenvalue weighted by molar-refractivity contribution is -0.121. The second-order valence-electron chi connectivity index (χ2n) is 9.01. The fourth-order valence-corrected chi connectivity index (χ4v) is 3.85. The number of unbranched alkanes of at least 4 members (excludes halogenated alkanes) is 3. The van der Waals surface area contributed by atoms with E-state index in [2.05, 4.69) is 72.1 Å². The highest BCUT2D eigenvalue weighted by molar-refractivity contribution is 6.74. The lowest BCUT2D eigenvalue weighted by atomic mass is 10.1. The molecule has 0 saturated heterocycles. The van der Waals surface area contributed by atoms with Gasteiger partial charge >= 0.3 is 0 Å². The van der Waals surface area contributed by atoms with Crippen LogP contribution in [0.2, 0.25) is 18.1 Å². The molecule has 1 N–H and O–H groups in total. The molecule has 3 nitrogen and oxygen atoms in total. The summed E-state index contributed by atoms with van der Waals surface area (Å²) >= 11 is 0. The Bertz CT molecular complexity index is 580. The number of amides is 1. The topological polar surface area (TPSA) is 38.3 Å². The van der Waals surface area contributed by atoms with Crippen LogP contribution in [0.4, 0.5) is 0 Å². The predicted octanol–water partition coefficient (Wildman–Crippen LogP) is 6.27. The summed E-state index contributed by atoms with van der Waals surface area (Å²) in [6.45, 7) is 18.3. The molecule has 1 aromatic carbocycles. The van der Waals surface area contributed by atoms with Crippen molar-refractivity contribution in [2.45, 2.75) is 98.3 Å². The van der Waals surface area contributed by atoms with Crippen molar-refractivity contribution >= 4 is 14.2 Å². The molecule has 1 rings (SSSR count). The van der Waals surface area contributed by atoms with Crippen LogP contribution in [0.5, 0.6) is 5.75 Å². The normalized spacial score (nSPS) is 12.2. The molecule has 26 heavy (non-hydrogen) atoms. The van der Waals surface area contributed by atoms with Crippen molar-refractivity contribution in [2.75, 3.05) is 0 Å². The van der Waals surface area contributed by atoms with Crippen LogP contribution in [0.15, 0.2) is 12.1 Å². The average Bonchev–Trinajstić information content (AvgIpc) is 2.52. The van der Waals surface area contributed by atoms with Gasteiger partial charge in [-0.05, 0) is 55.1 Å². The van der Waals surface area contributed by atoms with Gasteiger partial charge in [-0.3, -0.25) is 4.79 Å². The minimum atomic E-state index is -1.85. The van der Waals surface area contributed by atoms with E-state index in [1.165, 1.54) is 12.8 Å². The van der Waals surface area contributed by atoms with Gasteiger partial charge in [-0.1, -0.05) is 59.1 Å². The first kappa shape index (κ1) is 22.7. The predicted molar refractivity (Wildman–Crippen MR) is 114 cm³/mol. The maximum atomic E-state index is 12.0. The highest BCUT2D eigenvalue weighted by Gasteiger charge is 2.39. The molecule has 1 amide bonds. The molecule has 0 saturated carbocycles. The van der Waals surface area contributed by atoms with Gasteiger partial charge in [0.05, 0.1) is 0 Å². The third kappa shape index (κ3) is 6.79. The third-order valence-corrected chi connectivity index (χ3v) is 9.76. The van der Waals surface area contributed by atoms with Crippen LogP contribution in [0.25, 0.3) is 0 Å². The zero-order valence-electron chi connectivity index (χ0n) is 18.2. The number of carbonyl (C=O) groups excluding carboxylic acids is 1. The third-order valence-electron chi connectivity index (χ3n) is 5.43. The Morgan fingerprint density at radius 3 is 2.15 bits per heavy atom. The quantitative estimate of drug-likeness (QED) is 0.406. The van der Waals surface area contributed by atoms with Crippen LogP contribution in [0.3, 0.4) is 0 Å². The summed E-state index contributed by atoms with van der Waals surface area (Å²) in [5.41, 5.74) is 3.45. The van der Waals surface area contributed by atoms with Crippen molar-refractivity contribution in [3.63, 3.8) is 0 Å². The molecule has 4 heteroatoms. The highest BCUT2D eigenvalue weighted by atomic mass is 28.4. The van der Waals surface area contributed by atoms with Gasteiger partial charge in [0.2, 0.25) is 5.91 Å². The van der Waals surface area contributed by atoms with Crippen LogP contribution in [0, 0.1) is 13.8 Å². The lowest BCUT2D eigenvalue weighted by Gasteiger charge is -2.37. The average molecular weight is 378 g/mol. The van der Waals surface area contributed by atoms with Crippen LogP contribution < -0.4 is 9.74 Å². The summed E-state index contributed by atoms with van der Waals surface area (Å²) in [5.74, 6) is 1.17. The van der Waals surface area contributed by atoms with Crippen molar-refractivity contribution in [1.29, 1.82) is 0 Å². The zero-order valence-corrected chi connectivity index (χ0v) is 19.2. The maximum Gasteiger partial charge on any atom is 0.250 e. The molecule has 0 fully saturated rings. The Balaban J connectivity index is 2.71. The Morgan fingerprint density at radius 1 is 1.08 bits per heavy atom. The molecule has 0 unspecified atom stereocenters. The van der Waals surface area contributed by atoms with E-state index in [1.54, 1.807) is 0 Å². The molecule has 0 aliphatic heterocycles. The van der Waals surface area contributed by atoms with Gasteiger partial charge in [-0.15, -0.1) is 0 Å². The molecular formula is C22H39NO2Si. The van der Waals surface area contributed by atoms with Gasteiger partial charge in [0.25, 0.3) is 8.32 Å². The second-order valence-corrected chi connectivity index (χ2v) is 13.7. The van der Waals surface area contributed by atoms with Crippen LogP contribution in [0.1, 0.15) is 76.5 Å². The molecule has 0 aliphatic carbocycles. The number of hydrogen-bond acceptors (Lipinski definition) is 2. The molecule has 0 aromatic heterocycles. The molecule has 0 bridgehead atoms. The fraction of sp³-hybridized carbons (Fsp3) is 0.682. The van der Waals surface area contributed by atoms with E-state index >= 15 is 0 Å². The molecule has 148 valence electrons. The Hall–Kier alpha value is -1.29. The van der Waals surface area contributed by atoms with Crippen molar-refractivity contribution in [3.05, 3.63) is 28.8 Å². The first-order valence-electron chi connectivity index (χ1n) is 10.0. The minimum Gasteiger partial charge on any atom is -0.543 e. The largest absolute Gasteiger partial charge is 0.543 e. The number of hydrogen-bond donors (Lipinski definition) is 1. The zero-order chi connectivity index (χ0) is 20.0. The van der Waals surface area contributed by atoms with Gasteiger partial charge in [0.1, 0.15) is 5.75 Å². The Labute approximate surface area is 162 Å². The van der Waals surface area contributed by atoms with Crippen molar-refractivity contribution in [2.24, 2.45) is 0 Å². The standard InChI is InChI=1S/C22H39NO2Si/c1-9-10-11-12-13-20(24)23-16-19-14-17(2)21(18(3)15-19)25-26(7,8)22(4,5)6/h14-15H,9-13,16H2,1-8H3,(H,23,24). The summed E-state index contributed by atoms with van der Waals surface area (Å²) in [7, 11) is -1.85. The number of nitrogens with one attached hydrogen (secondary N) is 1. The van der Waals surface area contributed by atoms with E-state index in [1.807, 2.05) is 0 Å². The molecule has 0 aliphatic rings. The van der Waals surface area contributed by atoms with E-state index in [4.69, 9.17) is 4.43 Å². The van der Waals surface area contributed by atoms with Gasteiger partial charge in [0, 0.05) is 13.0 Å². The smallest absolute Gasteiger partial charge is 0.250 e. The van der Waals surface area contributed by atoms with Crippen molar-refractivity contribution in [1.82, 2.24) is 5.32 Å². The molecule has 1 aromatic rings. The van der Waals surface area contributed by atoms with E-state index in [-0.39, 0.29) is 10.9 Å². The van der Waals surface area contributed by atoms with Gasteiger partial charge < -0.3 is 9.74 Å².